The first-order valence-corrected chi connectivity index (χ1v) is 8.72. The third-order valence-corrected chi connectivity index (χ3v) is 5.44. The zero-order chi connectivity index (χ0) is 15.8. The van der Waals surface area contributed by atoms with Gasteiger partial charge in [0.25, 0.3) is 5.91 Å². The van der Waals surface area contributed by atoms with E-state index >= 15 is 0 Å². The molecule has 2 aromatic rings. The molecule has 1 saturated heterocycles. The van der Waals surface area contributed by atoms with E-state index in [2.05, 4.69) is 4.98 Å². The van der Waals surface area contributed by atoms with Crippen LogP contribution >= 0.6 is 11.3 Å². The van der Waals surface area contributed by atoms with Gasteiger partial charge in [0.05, 0.1) is 5.01 Å². The number of hydrogen-bond acceptors (Lipinski definition) is 4. The Hall–Kier alpha value is -1.95. The maximum absolute atomic E-state index is 13.3. The van der Waals surface area contributed by atoms with E-state index < -0.39 is 6.10 Å². The van der Waals surface area contributed by atoms with Crippen LogP contribution in [-0.4, -0.2) is 35.0 Å². The molecule has 1 aromatic heterocycles. The monoisotopic (exact) mass is 332 g/mol. The molecule has 0 saturated carbocycles. The number of thiazole rings is 1. The number of amides is 1. The molecule has 0 aliphatic carbocycles. The van der Waals surface area contributed by atoms with E-state index in [-0.39, 0.29) is 11.7 Å². The lowest BCUT2D eigenvalue weighted by molar-refractivity contribution is -0.139. The van der Waals surface area contributed by atoms with Crippen LogP contribution in [-0.2, 0) is 11.2 Å². The van der Waals surface area contributed by atoms with Crippen molar-refractivity contribution < 1.29 is 13.9 Å². The van der Waals surface area contributed by atoms with Crippen molar-refractivity contribution in [3.05, 3.63) is 46.2 Å². The van der Waals surface area contributed by atoms with E-state index in [0.717, 1.165) is 30.0 Å². The normalized spacial score (nSPS) is 23.4. The molecule has 2 atom stereocenters. The Morgan fingerprint density at radius 2 is 2.35 bits per heavy atom. The van der Waals surface area contributed by atoms with Gasteiger partial charge in [0.2, 0.25) is 0 Å². The first-order valence-electron chi connectivity index (χ1n) is 7.84. The Labute approximate surface area is 137 Å². The molecule has 2 aliphatic heterocycles. The fourth-order valence-corrected chi connectivity index (χ4v) is 4.14. The Kier molecular flexibility index (Phi) is 3.77. The van der Waals surface area contributed by atoms with Crippen molar-refractivity contribution in [1.82, 2.24) is 9.88 Å². The quantitative estimate of drug-likeness (QED) is 0.849. The second-order valence-electron chi connectivity index (χ2n) is 6.06. The summed E-state index contributed by atoms with van der Waals surface area (Å²) in [5.41, 5.74) is 0.775. The Bertz CT molecular complexity index is 719. The molecule has 23 heavy (non-hydrogen) atoms. The van der Waals surface area contributed by atoms with Crippen LogP contribution in [0.5, 0.6) is 5.75 Å². The van der Waals surface area contributed by atoms with Crippen molar-refractivity contribution >= 4 is 17.2 Å². The number of hydrogen-bond donors (Lipinski definition) is 0. The van der Waals surface area contributed by atoms with Crippen molar-refractivity contribution in [3.8, 4) is 5.75 Å². The predicted molar refractivity (Wildman–Crippen MR) is 85.2 cm³/mol. The number of carbonyl (C=O) groups excluding carboxylic acids is 1. The van der Waals surface area contributed by atoms with Gasteiger partial charge in [-0.05, 0) is 31.0 Å². The molecule has 2 aliphatic rings. The fraction of sp³-hybridized carbons (Fsp3) is 0.412. The van der Waals surface area contributed by atoms with Gasteiger partial charge in [0, 0.05) is 42.6 Å². The first kappa shape index (κ1) is 14.6. The van der Waals surface area contributed by atoms with E-state index in [1.165, 1.54) is 12.1 Å². The number of halogens is 1. The van der Waals surface area contributed by atoms with Gasteiger partial charge in [0.15, 0.2) is 6.10 Å². The van der Waals surface area contributed by atoms with Gasteiger partial charge in [-0.15, -0.1) is 11.3 Å². The van der Waals surface area contributed by atoms with E-state index in [0.29, 0.717) is 24.6 Å². The van der Waals surface area contributed by atoms with Gasteiger partial charge in [-0.2, -0.15) is 0 Å². The molecule has 0 unspecified atom stereocenters. The average molecular weight is 332 g/mol. The standard InChI is InChI=1S/C17H17FN2O2S/c18-13-3-4-14-12(8-13)9-15(22-14)17(21)20-6-1-2-11(10-20)16-19-5-7-23-16/h3-5,7-8,11,15H,1-2,6,9-10H2/t11-,15+/m0/s1. The minimum absolute atomic E-state index is 0.00265. The SMILES string of the molecule is O=C([C@H]1Cc2cc(F)ccc2O1)N1CCC[C@H](c2nccs2)C1. The van der Waals surface area contributed by atoms with Gasteiger partial charge in [-0.3, -0.25) is 4.79 Å². The number of nitrogens with zero attached hydrogens (tertiary/aromatic N) is 2. The number of benzene rings is 1. The van der Waals surface area contributed by atoms with Crippen LogP contribution in [0.3, 0.4) is 0 Å². The lowest BCUT2D eigenvalue weighted by Crippen LogP contribution is -2.45. The number of rotatable bonds is 2. The molecule has 0 radical (unpaired) electrons. The van der Waals surface area contributed by atoms with Crippen LogP contribution in [0, 0.1) is 5.82 Å². The number of likely N-dealkylation sites (tertiary alicyclic amines) is 1. The first-order chi connectivity index (χ1) is 11.2. The molecule has 120 valence electrons. The largest absolute Gasteiger partial charge is 0.480 e. The summed E-state index contributed by atoms with van der Waals surface area (Å²) in [5.74, 6) is 0.650. The van der Waals surface area contributed by atoms with Crippen LogP contribution in [0.15, 0.2) is 29.8 Å². The highest BCUT2D eigenvalue weighted by molar-refractivity contribution is 7.09. The number of piperidine rings is 1. The maximum Gasteiger partial charge on any atom is 0.264 e. The van der Waals surface area contributed by atoms with Crippen LogP contribution in [0.1, 0.15) is 29.3 Å². The summed E-state index contributed by atoms with van der Waals surface area (Å²) in [7, 11) is 0. The van der Waals surface area contributed by atoms with Crippen molar-refractivity contribution in [3.63, 3.8) is 0 Å². The zero-order valence-corrected chi connectivity index (χ0v) is 13.4. The molecule has 0 bridgehead atoms. The van der Waals surface area contributed by atoms with Crippen LogP contribution in [0.2, 0.25) is 0 Å². The zero-order valence-electron chi connectivity index (χ0n) is 12.6. The highest BCUT2D eigenvalue weighted by Gasteiger charge is 2.35. The molecule has 4 rings (SSSR count). The summed E-state index contributed by atoms with van der Waals surface area (Å²) in [6.45, 7) is 1.45. The highest BCUT2D eigenvalue weighted by atomic mass is 32.1. The van der Waals surface area contributed by atoms with Gasteiger partial charge in [-0.25, -0.2) is 9.37 Å². The molecule has 1 aromatic carbocycles. The van der Waals surface area contributed by atoms with E-state index in [4.69, 9.17) is 4.74 Å². The molecule has 0 spiro atoms. The Balaban J connectivity index is 1.45. The number of aromatic nitrogens is 1. The molecular weight excluding hydrogens is 315 g/mol. The summed E-state index contributed by atoms with van der Waals surface area (Å²) in [5, 5.41) is 3.07. The number of carbonyl (C=O) groups is 1. The summed E-state index contributed by atoms with van der Waals surface area (Å²) in [6.07, 6.45) is 3.77. The van der Waals surface area contributed by atoms with Gasteiger partial charge in [-0.1, -0.05) is 0 Å². The average Bonchev–Trinajstić information content (AvgIpc) is 3.23. The molecule has 1 fully saturated rings. The van der Waals surface area contributed by atoms with Crippen molar-refractivity contribution in [2.75, 3.05) is 13.1 Å². The second kappa shape index (κ2) is 5.92. The number of fused-ring (bicyclic) bond motifs is 1. The lowest BCUT2D eigenvalue weighted by atomic mass is 9.98. The molecule has 6 heteroatoms. The summed E-state index contributed by atoms with van der Waals surface area (Å²) in [4.78, 5) is 19.0. The van der Waals surface area contributed by atoms with Crippen molar-refractivity contribution in [2.24, 2.45) is 0 Å². The Morgan fingerprint density at radius 1 is 1.43 bits per heavy atom. The second-order valence-corrected chi connectivity index (χ2v) is 6.98. The molecular formula is C17H17FN2O2S. The smallest absolute Gasteiger partial charge is 0.264 e. The highest BCUT2D eigenvalue weighted by Crippen LogP contribution is 2.32. The molecule has 3 heterocycles. The summed E-state index contributed by atoms with van der Waals surface area (Å²) in [6, 6.07) is 4.43. The molecule has 0 N–H and O–H groups in total. The summed E-state index contributed by atoms with van der Waals surface area (Å²) >= 11 is 1.64. The van der Waals surface area contributed by atoms with Gasteiger partial charge >= 0.3 is 0 Å². The van der Waals surface area contributed by atoms with E-state index in [1.807, 2.05) is 16.5 Å². The van der Waals surface area contributed by atoms with Gasteiger partial charge < -0.3 is 9.64 Å². The van der Waals surface area contributed by atoms with E-state index in [1.54, 1.807) is 17.4 Å². The minimum atomic E-state index is -0.526. The third-order valence-electron chi connectivity index (χ3n) is 4.51. The topological polar surface area (TPSA) is 42.4 Å². The molecule has 1 amide bonds. The summed E-state index contributed by atoms with van der Waals surface area (Å²) < 4.78 is 19.0. The maximum atomic E-state index is 13.3. The predicted octanol–water partition coefficient (Wildman–Crippen LogP) is 2.99. The van der Waals surface area contributed by atoms with Crippen molar-refractivity contribution in [1.29, 1.82) is 0 Å². The Morgan fingerprint density at radius 3 is 3.17 bits per heavy atom. The van der Waals surface area contributed by atoms with Gasteiger partial charge in [0.1, 0.15) is 11.6 Å². The van der Waals surface area contributed by atoms with E-state index in [9.17, 15) is 9.18 Å². The minimum Gasteiger partial charge on any atom is -0.480 e. The lowest BCUT2D eigenvalue weighted by Gasteiger charge is -2.33. The van der Waals surface area contributed by atoms with Crippen LogP contribution in [0.4, 0.5) is 4.39 Å². The van der Waals surface area contributed by atoms with Crippen molar-refractivity contribution in [2.45, 2.75) is 31.3 Å². The van der Waals surface area contributed by atoms with Crippen LogP contribution in [0.25, 0.3) is 0 Å². The third kappa shape index (κ3) is 2.83. The molecule has 4 nitrogen and oxygen atoms in total. The number of ether oxygens (including phenoxy) is 1. The van der Waals surface area contributed by atoms with Crippen LogP contribution < -0.4 is 4.74 Å². The fourth-order valence-electron chi connectivity index (χ4n) is 3.37.